The minimum absolute atomic E-state index is 0.178. The summed E-state index contributed by atoms with van der Waals surface area (Å²) in [5, 5.41) is 7.36. The number of amides is 1. The van der Waals surface area contributed by atoms with Crippen molar-refractivity contribution in [2.75, 3.05) is 13.1 Å². The van der Waals surface area contributed by atoms with Crippen LogP contribution < -0.4 is 0 Å². The summed E-state index contributed by atoms with van der Waals surface area (Å²) in [5.41, 5.74) is 2.95. The fraction of sp³-hybridized carbons (Fsp3) is 0.412. The highest BCUT2D eigenvalue weighted by Crippen LogP contribution is 2.28. The number of fused-ring (bicyclic) bond motifs is 1. The van der Waals surface area contributed by atoms with Crippen molar-refractivity contribution in [3.8, 4) is 0 Å². The number of carbonyl (C=O) groups is 1. The van der Waals surface area contributed by atoms with Gasteiger partial charge in [-0.3, -0.25) is 4.79 Å². The van der Waals surface area contributed by atoms with E-state index in [9.17, 15) is 4.79 Å². The third kappa shape index (κ3) is 2.91. The number of nitrogens with zero attached hydrogens (tertiary/aromatic N) is 5. The summed E-state index contributed by atoms with van der Waals surface area (Å²) in [5.74, 6) is 0.596. The highest BCUT2D eigenvalue weighted by Gasteiger charge is 2.25. The molecule has 3 aromatic heterocycles. The molecule has 124 valence electrons. The number of aryl methyl sites for hydroxylation is 1. The Morgan fingerprint density at radius 3 is 2.88 bits per heavy atom. The van der Waals surface area contributed by atoms with Gasteiger partial charge in [0.25, 0.3) is 0 Å². The summed E-state index contributed by atoms with van der Waals surface area (Å²) in [6, 6.07) is 3.96. The maximum absolute atomic E-state index is 12.5. The minimum atomic E-state index is 0.178. The van der Waals surface area contributed by atoms with Crippen molar-refractivity contribution in [2.24, 2.45) is 0 Å². The Hall–Kier alpha value is -2.28. The predicted molar refractivity (Wildman–Crippen MR) is 92.1 cm³/mol. The molecule has 0 unspecified atom stereocenters. The topological polar surface area (TPSA) is 63.4 Å². The molecular formula is C17H19N5OS. The van der Waals surface area contributed by atoms with Gasteiger partial charge >= 0.3 is 0 Å². The lowest BCUT2D eigenvalue weighted by Crippen LogP contribution is -2.39. The van der Waals surface area contributed by atoms with Gasteiger partial charge in [-0.2, -0.15) is 5.10 Å². The van der Waals surface area contributed by atoms with E-state index in [-0.39, 0.29) is 5.91 Å². The summed E-state index contributed by atoms with van der Waals surface area (Å²) >= 11 is 1.60. The van der Waals surface area contributed by atoms with Crippen molar-refractivity contribution in [1.29, 1.82) is 0 Å². The van der Waals surface area contributed by atoms with Gasteiger partial charge in [0.1, 0.15) is 0 Å². The van der Waals surface area contributed by atoms with Gasteiger partial charge in [0, 0.05) is 42.3 Å². The summed E-state index contributed by atoms with van der Waals surface area (Å²) in [6.45, 7) is 3.55. The van der Waals surface area contributed by atoms with Crippen LogP contribution in [-0.2, 0) is 11.2 Å². The number of hydrogen-bond donors (Lipinski definition) is 0. The molecule has 1 aliphatic rings. The van der Waals surface area contributed by atoms with Gasteiger partial charge < -0.3 is 4.90 Å². The Balaban J connectivity index is 1.41. The minimum Gasteiger partial charge on any atom is -0.342 e. The molecule has 1 aliphatic heterocycles. The third-order valence-electron chi connectivity index (χ3n) is 4.58. The quantitative estimate of drug-likeness (QED) is 0.734. The van der Waals surface area contributed by atoms with E-state index in [2.05, 4.69) is 15.1 Å². The fourth-order valence-corrected chi connectivity index (χ4v) is 3.96. The Labute approximate surface area is 144 Å². The van der Waals surface area contributed by atoms with E-state index in [0.29, 0.717) is 12.3 Å². The van der Waals surface area contributed by atoms with Crippen LogP contribution in [0.3, 0.4) is 0 Å². The van der Waals surface area contributed by atoms with Crippen LogP contribution in [0.25, 0.3) is 5.65 Å². The lowest BCUT2D eigenvalue weighted by molar-refractivity contribution is -0.131. The zero-order valence-electron chi connectivity index (χ0n) is 13.6. The first kappa shape index (κ1) is 15.3. The van der Waals surface area contributed by atoms with Crippen molar-refractivity contribution < 1.29 is 4.79 Å². The van der Waals surface area contributed by atoms with E-state index in [1.54, 1.807) is 17.5 Å². The summed E-state index contributed by atoms with van der Waals surface area (Å²) in [4.78, 5) is 23.1. The van der Waals surface area contributed by atoms with E-state index < -0.39 is 0 Å². The molecule has 7 heteroatoms. The molecule has 0 aliphatic carbocycles. The second kappa shape index (κ2) is 6.32. The zero-order valence-corrected chi connectivity index (χ0v) is 14.4. The van der Waals surface area contributed by atoms with Gasteiger partial charge in [0.05, 0.1) is 23.3 Å². The molecule has 0 N–H and O–H groups in total. The first-order valence-electron chi connectivity index (χ1n) is 8.18. The molecule has 24 heavy (non-hydrogen) atoms. The van der Waals surface area contributed by atoms with Crippen LogP contribution in [0.15, 0.2) is 29.9 Å². The van der Waals surface area contributed by atoms with Crippen LogP contribution in [-0.4, -0.2) is 43.5 Å². The van der Waals surface area contributed by atoms with Gasteiger partial charge in [-0.15, -0.1) is 11.3 Å². The third-order valence-corrected chi connectivity index (χ3v) is 5.41. The highest BCUT2D eigenvalue weighted by molar-refractivity contribution is 7.09. The molecule has 6 nitrogen and oxygen atoms in total. The van der Waals surface area contributed by atoms with Crippen LogP contribution in [0.1, 0.15) is 35.2 Å². The van der Waals surface area contributed by atoms with Crippen LogP contribution in [0.2, 0.25) is 0 Å². The van der Waals surface area contributed by atoms with Gasteiger partial charge in [-0.25, -0.2) is 14.5 Å². The van der Waals surface area contributed by atoms with E-state index in [0.717, 1.165) is 42.3 Å². The monoisotopic (exact) mass is 341 g/mol. The molecule has 4 rings (SSSR count). The number of piperidine rings is 1. The molecular weight excluding hydrogens is 322 g/mol. The lowest BCUT2D eigenvalue weighted by atomic mass is 9.93. The maximum Gasteiger partial charge on any atom is 0.228 e. The Morgan fingerprint density at radius 2 is 2.12 bits per heavy atom. The van der Waals surface area contributed by atoms with E-state index in [4.69, 9.17) is 0 Å². The molecule has 3 aromatic rings. The van der Waals surface area contributed by atoms with E-state index in [1.165, 1.54) is 5.69 Å². The molecule has 0 saturated carbocycles. The Bertz CT molecular complexity index is 863. The van der Waals surface area contributed by atoms with E-state index in [1.807, 2.05) is 40.0 Å². The van der Waals surface area contributed by atoms with Gasteiger partial charge in [0.2, 0.25) is 5.91 Å². The summed E-state index contributed by atoms with van der Waals surface area (Å²) < 4.78 is 1.92. The van der Waals surface area contributed by atoms with Crippen LogP contribution in [0.5, 0.6) is 0 Å². The number of aromatic nitrogens is 4. The molecule has 0 bridgehead atoms. The zero-order chi connectivity index (χ0) is 16.5. The highest BCUT2D eigenvalue weighted by atomic mass is 32.1. The van der Waals surface area contributed by atoms with Gasteiger partial charge in [-0.05, 0) is 25.8 Å². The average Bonchev–Trinajstić information content (AvgIpc) is 3.23. The molecule has 0 spiro atoms. The van der Waals surface area contributed by atoms with Crippen LogP contribution in [0.4, 0.5) is 0 Å². The molecule has 0 aromatic carbocycles. The Morgan fingerprint density at radius 1 is 1.29 bits per heavy atom. The second-order valence-electron chi connectivity index (χ2n) is 6.16. The first-order chi connectivity index (χ1) is 11.7. The smallest absolute Gasteiger partial charge is 0.228 e. The first-order valence-corrected chi connectivity index (χ1v) is 9.06. The standard InChI is InChI=1S/C17H19N5OS/c1-12-20-14(11-24-12)10-17(23)21-8-4-13(5-9-21)15-2-6-18-16-3-7-19-22(15)16/h2-3,6-7,11,13H,4-5,8-10H2,1H3. The number of thiazole rings is 1. The van der Waals surface area contributed by atoms with Crippen molar-refractivity contribution >= 4 is 22.9 Å². The SMILES string of the molecule is Cc1nc(CC(=O)N2CCC(c3ccnc4ccnn34)CC2)cs1. The van der Waals surface area contributed by atoms with Crippen molar-refractivity contribution in [3.63, 3.8) is 0 Å². The molecule has 0 atom stereocenters. The summed E-state index contributed by atoms with van der Waals surface area (Å²) in [6.07, 6.45) is 5.95. The normalized spacial score (nSPS) is 16.0. The van der Waals surface area contributed by atoms with E-state index >= 15 is 0 Å². The van der Waals surface area contributed by atoms with Crippen molar-refractivity contribution in [3.05, 3.63) is 46.3 Å². The average molecular weight is 341 g/mol. The molecule has 1 amide bonds. The van der Waals surface area contributed by atoms with Crippen molar-refractivity contribution in [1.82, 2.24) is 24.5 Å². The molecule has 4 heterocycles. The van der Waals surface area contributed by atoms with Crippen LogP contribution >= 0.6 is 11.3 Å². The molecule has 1 fully saturated rings. The number of rotatable bonds is 3. The second-order valence-corrected chi connectivity index (χ2v) is 7.22. The largest absolute Gasteiger partial charge is 0.342 e. The van der Waals surface area contributed by atoms with Gasteiger partial charge in [-0.1, -0.05) is 0 Å². The Kier molecular flexibility index (Phi) is 4.02. The number of hydrogen-bond acceptors (Lipinski definition) is 5. The lowest BCUT2D eigenvalue weighted by Gasteiger charge is -2.32. The predicted octanol–water partition coefficient (Wildman–Crippen LogP) is 2.44. The molecule has 0 radical (unpaired) electrons. The van der Waals surface area contributed by atoms with Gasteiger partial charge in [0.15, 0.2) is 5.65 Å². The summed E-state index contributed by atoms with van der Waals surface area (Å²) in [7, 11) is 0. The number of carbonyl (C=O) groups excluding carboxylic acids is 1. The molecule has 1 saturated heterocycles. The number of likely N-dealkylation sites (tertiary alicyclic amines) is 1. The maximum atomic E-state index is 12.5. The van der Waals surface area contributed by atoms with Crippen LogP contribution in [0, 0.1) is 6.92 Å². The van der Waals surface area contributed by atoms with Crippen molar-refractivity contribution in [2.45, 2.75) is 32.1 Å². The fourth-order valence-electron chi connectivity index (χ4n) is 3.34.